The van der Waals surface area contributed by atoms with Crippen LogP contribution in [0.1, 0.15) is 0 Å². The highest BCUT2D eigenvalue weighted by molar-refractivity contribution is 7.92. The third-order valence-electron chi connectivity index (χ3n) is 2.58. The summed E-state index contributed by atoms with van der Waals surface area (Å²) in [7, 11) is -4.43. The minimum Gasteiger partial charge on any atom is -0.433 e. The highest BCUT2D eigenvalue weighted by Crippen LogP contribution is 2.30. The Labute approximate surface area is 133 Å². The van der Waals surface area contributed by atoms with Crippen molar-refractivity contribution in [3.05, 3.63) is 53.1 Å². The van der Waals surface area contributed by atoms with Crippen molar-refractivity contribution in [1.29, 1.82) is 0 Å². The van der Waals surface area contributed by atoms with Crippen molar-refractivity contribution in [3.63, 3.8) is 0 Å². The van der Waals surface area contributed by atoms with Crippen LogP contribution in [0.3, 0.4) is 0 Å². The van der Waals surface area contributed by atoms with E-state index in [-0.39, 0.29) is 16.5 Å². The molecule has 23 heavy (non-hydrogen) atoms. The Hall–Kier alpha value is -2.00. The molecule has 0 heterocycles. The van der Waals surface area contributed by atoms with Crippen LogP contribution in [0.5, 0.6) is 5.75 Å². The van der Waals surface area contributed by atoms with Crippen molar-refractivity contribution >= 4 is 27.3 Å². The maximum Gasteiger partial charge on any atom is 0.387 e. The summed E-state index contributed by atoms with van der Waals surface area (Å²) in [5.41, 5.74) is -0.139. The number of rotatable bonds is 5. The van der Waals surface area contributed by atoms with Crippen molar-refractivity contribution in [2.24, 2.45) is 0 Å². The Bertz CT molecular complexity index is 830. The SMILES string of the molecule is O=S(=O)(Nc1ccc(OC(F)F)c(Cl)c1)c1cc(F)ccc1F. The number of hydrogen-bond donors (Lipinski definition) is 1. The van der Waals surface area contributed by atoms with Crippen LogP contribution in [0.2, 0.25) is 5.02 Å². The highest BCUT2D eigenvalue weighted by atomic mass is 35.5. The van der Waals surface area contributed by atoms with E-state index in [4.69, 9.17) is 11.6 Å². The number of sulfonamides is 1. The summed E-state index contributed by atoms with van der Waals surface area (Å²) in [4.78, 5) is -0.901. The van der Waals surface area contributed by atoms with Crippen molar-refractivity contribution in [3.8, 4) is 5.75 Å². The lowest BCUT2D eigenvalue weighted by Crippen LogP contribution is -2.15. The molecule has 0 saturated heterocycles. The topological polar surface area (TPSA) is 55.4 Å². The van der Waals surface area contributed by atoms with E-state index in [1.165, 1.54) is 0 Å². The maximum atomic E-state index is 13.5. The van der Waals surface area contributed by atoms with Gasteiger partial charge in [0.1, 0.15) is 22.3 Å². The van der Waals surface area contributed by atoms with Gasteiger partial charge >= 0.3 is 6.61 Å². The normalized spacial score (nSPS) is 11.6. The van der Waals surface area contributed by atoms with Crippen LogP contribution in [0.25, 0.3) is 0 Å². The van der Waals surface area contributed by atoms with Gasteiger partial charge in [-0.25, -0.2) is 17.2 Å². The molecule has 0 atom stereocenters. The molecule has 0 fully saturated rings. The van der Waals surface area contributed by atoms with Crippen LogP contribution >= 0.6 is 11.6 Å². The summed E-state index contributed by atoms with van der Waals surface area (Å²) < 4.78 is 81.0. The van der Waals surface area contributed by atoms with Crippen LogP contribution in [-0.4, -0.2) is 15.0 Å². The summed E-state index contributed by atoms with van der Waals surface area (Å²) in [5, 5.41) is -0.287. The van der Waals surface area contributed by atoms with E-state index in [0.29, 0.717) is 12.1 Å². The summed E-state index contributed by atoms with van der Waals surface area (Å²) >= 11 is 5.68. The number of hydrogen-bond acceptors (Lipinski definition) is 3. The summed E-state index contributed by atoms with van der Waals surface area (Å²) in [6, 6.07) is 5.02. The van der Waals surface area contributed by atoms with Gasteiger partial charge < -0.3 is 4.74 Å². The number of alkyl halides is 2. The van der Waals surface area contributed by atoms with E-state index >= 15 is 0 Å². The van der Waals surface area contributed by atoms with E-state index in [1.54, 1.807) is 0 Å². The van der Waals surface area contributed by atoms with Gasteiger partial charge in [-0.1, -0.05) is 11.6 Å². The third-order valence-corrected chi connectivity index (χ3v) is 4.27. The fourth-order valence-electron chi connectivity index (χ4n) is 1.65. The van der Waals surface area contributed by atoms with Gasteiger partial charge in [-0.2, -0.15) is 8.78 Å². The number of anilines is 1. The molecule has 0 saturated carbocycles. The fourth-order valence-corrected chi connectivity index (χ4v) is 3.01. The van der Waals surface area contributed by atoms with Gasteiger partial charge in [0.25, 0.3) is 10.0 Å². The molecular weight excluding hydrogens is 362 g/mol. The van der Waals surface area contributed by atoms with E-state index in [9.17, 15) is 26.0 Å². The molecule has 0 aliphatic rings. The summed E-state index contributed by atoms with van der Waals surface area (Å²) in [5.74, 6) is -2.45. The smallest absolute Gasteiger partial charge is 0.387 e. The zero-order valence-corrected chi connectivity index (χ0v) is 12.6. The Kier molecular flexibility index (Phi) is 5.00. The largest absolute Gasteiger partial charge is 0.433 e. The van der Waals surface area contributed by atoms with E-state index in [1.807, 2.05) is 4.72 Å². The zero-order valence-electron chi connectivity index (χ0n) is 11.1. The van der Waals surface area contributed by atoms with Crippen molar-refractivity contribution < 1.29 is 30.7 Å². The van der Waals surface area contributed by atoms with E-state index < -0.39 is 33.2 Å². The molecule has 0 spiro atoms. The Morgan fingerprint density at radius 2 is 1.78 bits per heavy atom. The standard InChI is InChI=1S/C13H8ClF4NO3S/c14-9-6-8(2-4-11(9)22-13(17)18)19-23(20,21)12-5-7(15)1-3-10(12)16/h1-6,13,19H. The van der Waals surface area contributed by atoms with Crippen LogP contribution < -0.4 is 9.46 Å². The molecule has 10 heteroatoms. The quantitative estimate of drug-likeness (QED) is 0.810. The first-order chi connectivity index (χ1) is 10.7. The van der Waals surface area contributed by atoms with Crippen molar-refractivity contribution in [2.45, 2.75) is 11.5 Å². The Morgan fingerprint density at radius 1 is 1.09 bits per heavy atom. The molecule has 124 valence electrons. The average Bonchev–Trinajstić information content (AvgIpc) is 2.43. The number of ether oxygens (including phenoxy) is 1. The maximum absolute atomic E-state index is 13.5. The highest BCUT2D eigenvalue weighted by Gasteiger charge is 2.20. The van der Waals surface area contributed by atoms with Gasteiger partial charge in [0.2, 0.25) is 0 Å². The van der Waals surface area contributed by atoms with Gasteiger partial charge in [-0.05, 0) is 36.4 Å². The molecular formula is C13H8ClF4NO3S. The number of benzene rings is 2. The average molecular weight is 370 g/mol. The summed E-state index contributed by atoms with van der Waals surface area (Å²) in [6.45, 7) is -3.10. The fraction of sp³-hybridized carbons (Fsp3) is 0.0769. The van der Waals surface area contributed by atoms with Crippen LogP contribution in [-0.2, 0) is 10.0 Å². The second-order valence-electron chi connectivity index (χ2n) is 4.20. The molecule has 0 radical (unpaired) electrons. The lowest BCUT2D eigenvalue weighted by Gasteiger charge is -2.11. The third kappa shape index (κ3) is 4.26. The molecule has 0 aliphatic heterocycles. The minimum atomic E-state index is -4.43. The summed E-state index contributed by atoms with van der Waals surface area (Å²) in [6.07, 6.45) is 0. The molecule has 0 unspecified atom stereocenters. The lowest BCUT2D eigenvalue weighted by molar-refractivity contribution is -0.0497. The van der Waals surface area contributed by atoms with Crippen molar-refractivity contribution in [1.82, 2.24) is 0 Å². The number of nitrogens with one attached hydrogen (secondary N) is 1. The first-order valence-corrected chi connectivity index (χ1v) is 7.77. The zero-order chi connectivity index (χ0) is 17.2. The molecule has 0 aromatic heterocycles. The second-order valence-corrected chi connectivity index (χ2v) is 6.26. The van der Waals surface area contributed by atoms with E-state index in [0.717, 1.165) is 24.3 Å². The molecule has 2 aromatic rings. The van der Waals surface area contributed by atoms with Crippen LogP contribution in [0, 0.1) is 11.6 Å². The first kappa shape index (κ1) is 17.4. The van der Waals surface area contributed by atoms with Gasteiger partial charge in [0.05, 0.1) is 10.7 Å². The van der Waals surface area contributed by atoms with Crippen LogP contribution in [0.4, 0.5) is 23.2 Å². The van der Waals surface area contributed by atoms with Gasteiger partial charge in [-0.15, -0.1) is 0 Å². The lowest BCUT2D eigenvalue weighted by atomic mass is 10.3. The molecule has 0 aliphatic carbocycles. The molecule has 2 rings (SSSR count). The Balaban J connectivity index is 2.31. The van der Waals surface area contributed by atoms with Crippen LogP contribution in [0.15, 0.2) is 41.3 Å². The molecule has 0 bridgehead atoms. The molecule has 2 aromatic carbocycles. The molecule has 4 nitrogen and oxygen atoms in total. The predicted molar refractivity (Wildman–Crippen MR) is 75.3 cm³/mol. The van der Waals surface area contributed by atoms with Gasteiger partial charge in [-0.3, -0.25) is 4.72 Å². The van der Waals surface area contributed by atoms with Gasteiger partial charge in [0.15, 0.2) is 0 Å². The van der Waals surface area contributed by atoms with E-state index in [2.05, 4.69) is 4.74 Å². The minimum absolute atomic E-state index is 0.139. The monoisotopic (exact) mass is 369 g/mol. The second kappa shape index (κ2) is 6.63. The van der Waals surface area contributed by atoms with Gasteiger partial charge in [0, 0.05) is 0 Å². The van der Waals surface area contributed by atoms with Crippen molar-refractivity contribution in [2.75, 3.05) is 4.72 Å². The predicted octanol–water partition coefficient (Wildman–Crippen LogP) is 4.02. The molecule has 1 N–H and O–H groups in total. The molecule has 0 amide bonds. The Morgan fingerprint density at radius 3 is 2.39 bits per heavy atom. The number of halogens is 5. The first-order valence-electron chi connectivity index (χ1n) is 5.91.